The zero-order chi connectivity index (χ0) is 56.2. The molecule has 2 saturated heterocycles. The summed E-state index contributed by atoms with van der Waals surface area (Å²) in [6.45, 7) is 3.31. The van der Waals surface area contributed by atoms with Gasteiger partial charge in [-0.15, -0.1) is 0 Å². The van der Waals surface area contributed by atoms with Gasteiger partial charge in [0, 0.05) is 68.3 Å². The molecule has 3 N–H and O–H groups in total. The molecule has 29 heteroatoms. The number of anilines is 2. The summed E-state index contributed by atoms with van der Waals surface area (Å²) >= 11 is 0. The van der Waals surface area contributed by atoms with E-state index in [2.05, 4.69) is 5.73 Å². The van der Waals surface area contributed by atoms with Crippen LogP contribution in [0.2, 0.25) is 0 Å². The predicted octanol–water partition coefficient (Wildman–Crippen LogP) is 9.33. The number of alkyl halides is 15. The van der Waals surface area contributed by atoms with Crippen LogP contribution in [0.3, 0.4) is 0 Å². The molecule has 2 aliphatic heterocycles. The van der Waals surface area contributed by atoms with Crippen molar-refractivity contribution in [1.29, 1.82) is 5.26 Å². The van der Waals surface area contributed by atoms with Gasteiger partial charge in [-0.05, 0) is 93.4 Å². The number of nitrogens with two attached hydrogens (primary N) is 1. The van der Waals surface area contributed by atoms with E-state index in [1.165, 1.54) is 59.5 Å². The topological polar surface area (TPSA) is 168 Å². The quantitative estimate of drug-likeness (QED) is 0.122. The summed E-state index contributed by atoms with van der Waals surface area (Å²) in [5, 5.41) is 18.7. The third-order valence-electron chi connectivity index (χ3n) is 12.3. The van der Waals surface area contributed by atoms with E-state index in [0.29, 0.717) is 18.6 Å². The van der Waals surface area contributed by atoms with Crippen LogP contribution in [0, 0.1) is 11.3 Å². The normalized spacial score (nSPS) is 19.0. The van der Waals surface area contributed by atoms with Gasteiger partial charge < -0.3 is 20.6 Å². The van der Waals surface area contributed by atoms with Crippen molar-refractivity contribution >= 4 is 37.2 Å². The number of hydrogen-bond donors (Lipinski definition) is 2. The van der Waals surface area contributed by atoms with E-state index in [1.54, 1.807) is 13.0 Å². The number of aliphatic hydroxyl groups is 1. The van der Waals surface area contributed by atoms with Gasteiger partial charge in [-0.1, -0.05) is 30.3 Å². The van der Waals surface area contributed by atoms with Gasteiger partial charge in [-0.3, -0.25) is 4.79 Å². The largest absolute Gasteiger partial charge is 0.421 e. The Bertz CT molecular complexity index is 2960. The first-order valence-corrected chi connectivity index (χ1v) is 24.3. The molecule has 2 heterocycles. The minimum Gasteiger partial charge on any atom is -0.376 e. The van der Waals surface area contributed by atoms with E-state index in [1.807, 2.05) is 0 Å². The number of sulfonamides is 2. The molecule has 406 valence electrons. The van der Waals surface area contributed by atoms with Gasteiger partial charge >= 0.3 is 30.9 Å². The number of nitrogens with zero attached hydrogens (tertiary/aromatic N) is 5. The molecule has 1 unspecified atom stereocenters. The molecule has 0 bridgehead atoms. The number of benzene rings is 4. The first-order valence-electron chi connectivity index (χ1n) is 21.4. The van der Waals surface area contributed by atoms with Crippen LogP contribution in [0.15, 0.2) is 94.7 Å². The zero-order valence-electron chi connectivity index (χ0n) is 38.8. The number of ketones is 1. The number of carbonyl (C=O) groups excluding carboxylic acids is 1. The third-order valence-corrected chi connectivity index (χ3v) is 16.4. The molecule has 74 heavy (non-hydrogen) atoms. The second-order valence-corrected chi connectivity index (χ2v) is 21.2. The molecule has 3 atom stereocenters. The maximum absolute atomic E-state index is 13.9. The van der Waals surface area contributed by atoms with Gasteiger partial charge in [0.1, 0.15) is 0 Å². The summed E-state index contributed by atoms with van der Waals surface area (Å²) in [6, 6.07) is 12.2. The average Bonchev–Trinajstić information content (AvgIpc) is 3.29. The Balaban J connectivity index is 0.000000288. The molecule has 4 aromatic carbocycles. The Hall–Kier alpha value is -5.67. The highest BCUT2D eigenvalue weighted by atomic mass is 32.2. The average molecular weight is 1110 g/mol. The molecule has 0 amide bonds. The fourth-order valence-electron chi connectivity index (χ4n) is 8.16. The van der Waals surface area contributed by atoms with Crippen LogP contribution in [-0.2, 0) is 43.5 Å². The van der Waals surface area contributed by atoms with Crippen molar-refractivity contribution < 1.29 is 92.6 Å². The second kappa shape index (κ2) is 20.5. The summed E-state index contributed by atoms with van der Waals surface area (Å²) in [5.41, 5.74) is -9.78. The smallest absolute Gasteiger partial charge is 0.376 e. The Kier molecular flexibility index (Phi) is 16.4. The molecular weight excluding hydrogens is 1070 g/mol. The van der Waals surface area contributed by atoms with Crippen LogP contribution < -0.4 is 15.5 Å². The van der Waals surface area contributed by atoms with E-state index >= 15 is 0 Å². The van der Waals surface area contributed by atoms with Crippen molar-refractivity contribution in [2.75, 3.05) is 49.1 Å². The number of Topliss-reactive ketones (excluding diaryl/α,β-unsaturated/α-hetero) is 1. The Morgan fingerprint density at radius 2 is 0.973 bits per heavy atom. The SMILES string of the molecule is CC(=O)c1ccc(S(=O)(=O)N2CCN(c3ccc(C#N)cc3C(F)(F)F)C[C@H]2C)cc1.C[C@@H]1CN(c2ccc(C(N)(C(F)(F)F)C(F)(F)F)cc2C(F)(F)F)CCN1S(=O)(=O)c1ccc(C(C)(O)C(F)(F)F)cc1. The number of rotatable bonds is 9. The van der Waals surface area contributed by atoms with Crippen molar-refractivity contribution in [2.24, 2.45) is 5.73 Å². The van der Waals surface area contributed by atoms with Gasteiger partial charge in [-0.2, -0.15) is 79.7 Å². The molecule has 4 aromatic rings. The molecular formula is C45H43F15N6O6S2. The van der Waals surface area contributed by atoms with Crippen LogP contribution >= 0.6 is 0 Å². The molecule has 0 radical (unpaired) electrons. The molecule has 2 aliphatic rings. The molecule has 2 fully saturated rings. The third kappa shape index (κ3) is 11.7. The van der Waals surface area contributed by atoms with Crippen molar-refractivity contribution in [3.05, 3.63) is 118 Å². The fraction of sp³-hybridized carbons (Fsp3) is 0.422. The highest BCUT2D eigenvalue weighted by Crippen LogP contribution is 2.50. The summed E-state index contributed by atoms with van der Waals surface area (Å²) in [6.07, 6.45) is -27.6. The van der Waals surface area contributed by atoms with Crippen molar-refractivity contribution in [1.82, 2.24) is 8.61 Å². The number of nitriles is 1. The zero-order valence-corrected chi connectivity index (χ0v) is 40.4. The molecule has 0 spiro atoms. The summed E-state index contributed by atoms with van der Waals surface area (Å²) in [5.74, 6) is -0.186. The number of carbonyl (C=O) groups is 1. The van der Waals surface area contributed by atoms with E-state index in [9.17, 15) is 92.6 Å². The standard InChI is InChI=1S/C24H23F12N3O3S.C21H20F3N3O3S/c1-13-12-38(9-10-39(13)43(41,42)16-6-3-14(4-7-16)19(2,40)22(28,29)30)18-8-5-15(11-17(18)21(25,26)27)20(37,23(31,32)33)24(34,35)36;1-14-13-26(20-8-3-16(12-25)11-19(20)21(22,23)24)9-10-27(14)31(29,30)18-6-4-17(5-7-18)15(2)28/h3-8,11,13,40H,9-10,12,37H2,1-2H3;3-8,11,14H,9-10,13H2,1-2H3/t13-,19?;14-/m11/s1. The first-order chi connectivity index (χ1) is 33.6. The van der Waals surface area contributed by atoms with Gasteiger partial charge in [0.15, 0.2) is 11.4 Å². The van der Waals surface area contributed by atoms with Gasteiger partial charge in [-0.25, -0.2) is 16.8 Å². The van der Waals surface area contributed by atoms with E-state index in [0.717, 1.165) is 39.5 Å². The van der Waals surface area contributed by atoms with Gasteiger partial charge in [0.25, 0.3) is 0 Å². The lowest BCUT2D eigenvalue weighted by molar-refractivity contribution is -0.302. The van der Waals surface area contributed by atoms with Crippen LogP contribution in [-0.4, -0.2) is 106 Å². The lowest BCUT2D eigenvalue weighted by Crippen LogP contribution is -2.60. The van der Waals surface area contributed by atoms with Gasteiger partial charge in [0.2, 0.25) is 25.6 Å². The Morgan fingerprint density at radius 3 is 1.32 bits per heavy atom. The van der Waals surface area contributed by atoms with Crippen molar-refractivity contribution in [3.63, 3.8) is 0 Å². The Morgan fingerprint density at radius 1 is 0.595 bits per heavy atom. The minimum absolute atomic E-state index is 0.00470. The molecule has 12 nitrogen and oxygen atoms in total. The lowest BCUT2D eigenvalue weighted by Gasteiger charge is -2.41. The van der Waals surface area contributed by atoms with E-state index in [4.69, 9.17) is 5.26 Å². The summed E-state index contributed by atoms with van der Waals surface area (Å²) < 4.78 is 256. The van der Waals surface area contributed by atoms with Gasteiger partial charge in [0.05, 0.1) is 32.6 Å². The molecule has 0 aliphatic carbocycles. The monoisotopic (exact) mass is 1110 g/mol. The van der Waals surface area contributed by atoms with Crippen LogP contribution in [0.4, 0.5) is 77.2 Å². The fourth-order valence-corrected chi connectivity index (χ4v) is 11.4. The number of hydrogen-bond acceptors (Lipinski definition) is 10. The second-order valence-electron chi connectivity index (χ2n) is 17.4. The van der Waals surface area contributed by atoms with E-state index < -0.39 is 127 Å². The highest BCUT2D eigenvalue weighted by Gasteiger charge is 2.70. The van der Waals surface area contributed by atoms with Crippen LogP contribution in [0.5, 0.6) is 0 Å². The number of piperazine rings is 2. The number of halogens is 15. The molecule has 0 aromatic heterocycles. The van der Waals surface area contributed by atoms with Crippen LogP contribution in [0.1, 0.15) is 65.9 Å². The van der Waals surface area contributed by atoms with Crippen LogP contribution in [0.25, 0.3) is 0 Å². The maximum Gasteiger partial charge on any atom is 0.421 e. The van der Waals surface area contributed by atoms with Crippen molar-refractivity contribution in [2.45, 2.75) is 91.6 Å². The minimum atomic E-state index is -6.22. The summed E-state index contributed by atoms with van der Waals surface area (Å²) in [7, 11) is -8.34. The lowest BCUT2D eigenvalue weighted by atomic mass is 9.87. The van der Waals surface area contributed by atoms with Crippen molar-refractivity contribution in [3.8, 4) is 6.07 Å². The van der Waals surface area contributed by atoms with E-state index in [-0.39, 0.29) is 53.7 Å². The molecule has 0 saturated carbocycles. The predicted molar refractivity (Wildman–Crippen MR) is 235 cm³/mol. The first kappa shape index (κ1) is 59.2. The summed E-state index contributed by atoms with van der Waals surface area (Å²) in [4.78, 5) is 13.3. The molecule has 6 rings (SSSR count). The highest BCUT2D eigenvalue weighted by molar-refractivity contribution is 7.89. The maximum atomic E-state index is 13.9. The Labute approximate surface area is 413 Å².